The van der Waals surface area contributed by atoms with Crippen molar-refractivity contribution in [1.29, 1.82) is 0 Å². The smallest absolute Gasteiger partial charge is 0.230 e. The van der Waals surface area contributed by atoms with Gasteiger partial charge >= 0.3 is 0 Å². The van der Waals surface area contributed by atoms with Gasteiger partial charge in [-0.05, 0) is 29.4 Å². The van der Waals surface area contributed by atoms with Crippen LogP contribution in [0.3, 0.4) is 0 Å². The summed E-state index contributed by atoms with van der Waals surface area (Å²) < 4.78 is 34.6. The Hall–Kier alpha value is -1.54. The molecule has 0 saturated carbocycles. The first kappa shape index (κ1) is 19.8. The predicted molar refractivity (Wildman–Crippen MR) is 108 cm³/mol. The van der Waals surface area contributed by atoms with Gasteiger partial charge in [-0.1, -0.05) is 0 Å². The molecule has 11 nitrogen and oxygen atoms in total. The molecule has 13 heteroatoms. The maximum Gasteiger partial charge on any atom is 0.230 e. The van der Waals surface area contributed by atoms with Gasteiger partial charge in [0.15, 0.2) is 5.65 Å². The van der Waals surface area contributed by atoms with Gasteiger partial charge in [0.2, 0.25) is 21.9 Å². The van der Waals surface area contributed by atoms with Crippen LogP contribution < -0.4 is 20.3 Å². The predicted octanol–water partition coefficient (Wildman–Crippen LogP) is -0.585. The minimum absolute atomic E-state index is 0.0711. The molecule has 0 spiro atoms. The Morgan fingerprint density at radius 2 is 2.14 bits per heavy atom. The standard InChI is InChI=1S/C15H23BrN8O3S/c1-17-11-7-23(8-11)15-19-13-6-12(16)21-24(13)14(20-15)18-3-5-28(25,26)22-10-2-4-27-9-10/h6,10-11,17,22H,2-5,7-9H2,1H3,(H,18,19,20). The highest BCUT2D eigenvalue weighted by Crippen LogP contribution is 2.21. The molecule has 2 aliphatic rings. The van der Waals surface area contributed by atoms with Crippen LogP contribution in [0, 0.1) is 0 Å². The van der Waals surface area contributed by atoms with E-state index in [4.69, 9.17) is 4.74 Å². The van der Waals surface area contributed by atoms with Crippen LogP contribution >= 0.6 is 15.9 Å². The van der Waals surface area contributed by atoms with E-state index >= 15 is 0 Å². The van der Waals surface area contributed by atoms with Gasteiger partial charge in [0.05, 0.1) is 12.4 Å². The first-order valence-electron chi connectivity index (χ1n) is 9.11. The third-order valence-electron chi connectivity index (χ3n) is 4.78. The number of nitrogens with one attached hydrogen (secondary N) is 3. The highest BCUT2D eigenvalue weighted by atomic mass is 79.9. The fraction of sp³-hybridized carbons (Fsp3) is 0.667. The van der Waals surface area contributed by atoms with Gasteiger partial charge < -0.3 is 20.3 Å². The van der Waals surface area contributed by atoms with Crippen molar-refractivity contribution in [1.82, 2.24) is 29.6 Å². The summed E-state index contributed by atoms with van der Waals surface area (Å²) in [5.74, 6) is 0.981. The average molecular weight is 475 g/mol. The van der Waals surface area contributed by atoms with E-state index in [1.165, 1.54) is 0 Å². The Balaban J connectivity index is 1.45. The summed E-state index contributed by atoms with van der Waals surface area (Å²) in [5, 5.41) is 10.6. The Bertz CT molecular complexity index is 940. The van der Waals surface area contributed by atoms with Crippen molar-refractivity contribution in [2.75, 3.05) is 55.9 Å². The molecule has 0 aliphatic carbocycles. The first-order chi connectivity index (χ1) is 13.4. The van der Waals surface area contributed by atoms with Crippen LogP contribution in [0.5, 0.6) is 0 Å². The zero-order valence-corrected chi connectivity index (χ0v) is 17.8. The van der Waals surface area contributed by atoms with Crippen molar-refractivity contribution in [3.05, 3.63) is 10.7 Å². The number of hydrogen-bond donors (Lipinski definition) is 3. The summed E-state index contributed by atoms with van der Waals surface area (Å²) in [4.78, 5) is 11.2. The van der Waals surface area contributed by atoms with Crippen LogP contribution in [0.25, 0.3) is 5.65 Å². The number of fused-ring (bicyclic) bond motifs is 1. The molecule has 1 unspecified atom stereocenters. The SMILES string of the molecule is CNC1CN(c2nc(NCCS(=O)(=O)NC3CCOC3)n3nc(Br)cc3n2)C1. The summed E-state index contributed by atoms with van der Waals surface area (Å²) in [5.41, 5.74) is 0.636. The van der Waals surface area contributed by atoms with Crippen LogP contribution in [0.15, 0.2) is 10.7 Å². The lowest BCUT2D eigenvalue weighted by atomic mass is 10.1. The van der Waals surface area contributed by atoms with Crippen molar-refractivity contribution in [3.8, 4) is 0 Å². The van der Waals surface area contributed by atoms with Gasteiger partial charge in [-0.25, -0.2) is 13.1 Å². The fourth-order valence-corrected chi connectivity index (χ4v) is 4.71. The van der Waals surface area contributed by atoms with Crippen LogP contribution in [-0.2, 0) is 14.8 Å². The zero-order chi connectivity index (χ0) is 19.7. The highest BCUT2D eigenvalue weighted by molar-refractivity contribution is 9.10. The molecule has 0 amide bonds. The molecule has 28 heavy (non-hydrogen) atoms. The van der Waals surface area contributed by atoms with E-state index in [9.17, 15) is 8.42 Å². The lowest BCUT2D eigenvalue weighted by Crippen LogP contribution is -2.57. The lowest BCUT2D eigenvalue weighted by Gasteiger charge is -2.39. The molecule has 1 atom stereocenters. The molecule has 2 aliphatic heterocycles. The monoisotopic (exact) mass is 474 g/mol. The molecule has 0 bridgehead atoms. The molecular weight excluding hydrogens is 452 g/mol. The molecule has 4 heterocycles. The normalized spacial score (nSPS) is 20.6. The molecule has 2 aromatic heterocycles. The van der Waals surface area contributed by atoms with Crippen LogP contribution in [-0.4, -0.2) is 85.7 Å². The summed E-state index contributed by atoms with van der Waals surface area (Å²) >= 11 is 3.35. The Kier molecular flexibility index (Phi) is 5.69. The molecule has 2 fully saturated rings. The van der Waals surface area contributed by atoms with Crippen molar-refractivity contribution >= 4 is 43.5 Å². The van der Waals surface area contributed by atoms with Crippen LogP contribution in [0.4, 0.5) is 11.9 Å². The second kappa shape index (κ2) is 8.06. The second-order valence-electron chi connectivity index (χ2n) is 6.90. The zero-order valence-electron chi connectivity index (χ0n) is 15.4. The fourth-order valence-electron chi connectivity index (χ4n) is 3.17. The number of hydrogen-bond acceptors (Lipinski definition) is 9. The number of anilines is 2. The van der Waals surface area contributed by atoms with Gasteiger partial charge in [0.25, 0.3) is 0 Å². The molecule has 2 aromatic rings. The third-order valence-corrected chi connectivity index (χ3v) is 6.61. The quantitative estimate of drug-likeness (QED) is 0.460. The Labute approximate surface area is 171 Å². The number of sulfonamides is 1. The van der Waals surface area contributed by atoms with Gasteiger partial charge in [0.1, 0.15) is 4.60 Å². The molecule has 154 valence electrons. The maximum atomic E-state index is 12.3. The molecule has 0 aromatic carbocycles. The van der Waals surface area contributed by atoms with E-state index in [1.807, 2.05) is 7.05 Å². The van der Waals surface area contributed by atoms with E-state index in [-0.39, 0.29) is 18.3 Å². The minimum Gasteiger partial charge on any atom is -0.380 e. The molecule has 0 radical (unpaired) electrons. The van der Waals surface area contributed by atoms with E-state index in [2.05, 4.69) is 51.3 Å². The Morgan fingerprint density at radius 3 is 2.86 bits per heavy atom. The molecule has 2 saturated heterocycles. The molecule has 4 rings (SSSR count). The van der Waals surface area contributed by atoms with Gasteiger partial charge in [-0.2, -0.15) is 19.6 Å². The molecule has 3 N–H and O–H groups in total. The van der Waals surface area contributed by atoms with Crippen molar-refractivity contribution < 1.29 is 13.2 Å². The number of halogens is 1. The van der Waals surface area contributed by atoms with Crippen molar-refractivity contribution in [2.45, 2.75) is 18.5 Å². The largest absolute Gasteiger partial charge is 0.380 e. The highest BCUT2D eigenvalue weighted by Gasteiger charge is 2.28. The van der Waals surface area contributed by atoms with E-state index in [0.717, 1.165) is 13.1 Å². The summed E-state index contributed by atoms with van der Waals surface area (Å²) in [6.45, 7) is 2.86. The minimum atomic E-state index is -3.41. The number of aromatic nitrogens is 4. The van der Waals surface area contributed by atoms with E-state index < -0.39 is 10.0 Å². The Morgan fingerprint density at radius 1 is 1.32 bits per heavy atom. The number of likely N-dealkylation sites (N-methyl/N-ethyl adjacent to an activating group) is 1. The first-order valence-corrected chi connectivity index (χ1v) is 11.6. The topological polar surface area (TPSA) is 126 Å². The van der Waals surface area contributed by atoms with E-state index in [1.54, 1.807) is 10.6 Å². The van der Waals surface area contributed by atoms with Gasteiger partial charge in [-0.15, -0.1) is 0 Å². The van der Waals surface area contributed by atoms with Crippen molar-refractivity contribution in [3.63, 3.8) is 0 Å². The van der Waals surface area contributed by atoms with Gasteiger partial charge in [-0.3, -0.25) is 0 Å². The molecular formula is C15H23BrN8O3S. The number of ether oxygens (including phenoxy) is 1. The summed E-state index contributed by atoms with van der Waals surface area (Å²) in [6, 6.07) is 2.07. The second-order valence-corrected chi connectivity index (χ2v) is 9.58. The van der Waals surface area contributed by atoms with E-state index in [0.29, 0.717) is 47.8 Å². The number of nitrogens with zero attached hydrogens (tertiary/aromatic N) is 5. The summed E-state index contributed by atoms with van der Waals surface area (Å²) in [6.07, 6.45) is 0.702. The van der Waals surface area contributed by atoms with Crippen LogP contribution in [0.2, 0.25) is 0 Å². The maximum absolute atomic E-state index is 12.3. The van der Waals surface area contributed by atoms with Gasteiger partial charge in [0, 0.05) is 44.4 Å². The lowest BCUT2D eigenvalue weighted by molar-refractivity contribution is 0.192. The third kappa shape index (κ3) is 4.38. The van der Waals surface area contributed by atoms with Crippen molar-refractivity contribution in [2.24, 2.45) is 0 Å². The van der Waals surface area contributed by atoms with Crippen LogP contribution in [0.1, 0.15) is 6.42 Å². The number of rotatable bonds is 8. The average Bonchev–Trinajstić information content (AvgIpc) is 3.22. The summed E-state index contributed by atoms with van der Waals surface area (Å²) in [7, 11) is -1.48.